The van der Waals surface area contributed by atoms with Gasteiger partial charge < -0.3 is 18.9 Å². The minimum Gasteiger partial charge on any atom is -0.465 e. The standard InChI is InChI=1S/C32H44O4.C32H42O4/c2*1-9-15-23-27-17-25-21(13-5)19(11-3)20(12-4)22(14-6)26(25)18-28(27)24(16-10-2)30(32(34)36-8)29(23)31(33)35-7/h9-18H2,1-8H3;17-18H,9-16H2,1-8H3. The van der Waals surface area contributed by atoms with Crippen LogP contribution in [0, 0.1) is 0 Å². The van der Waals surface area contributed by atoms with E-state index >= 15 is 0 Å². The minimum absolute atomic E-state index is 0.371. The summed E-state index contributed by atoms with van der Waals surface area (Å²) in [7, 11) is 5.56. The highest BCUT2D eigenvalue weighted by Gasteiger charge is 2.36. The number of hydrogen-bond donors (Lipinski definition) is 0. The van der Waals surface area contributed by atoms with Crippen molar-refractivity contribution in [3.63, 3.8) is 0 Å². The monoisotopic (exact) mass is 983 g/mol. The first-order chi connectivity index (χ1) is 34.8. The lowest BCUT2D eigenvalue weighted by Crippen LogP contribution is -2.25. The van der Waals surface area contributed by atoms with Gasteiger partial charge in [-0.1, -0.05) is 109 Å². The van der Waals surface area contributed by atoms with E-state index in [-0.39, 0.29) is 0 Å². The van der Waals surface area contributed by atoms with Crippen molar-refractivity contribution in [2.24, 2.45) is 0 Å². The van der Waals surface area contributed by atoms with Gasteiger partial charge in [0, 0.05) is 0 Å². The molecule has 0 radical (unpaired) electrons. The molecule has 0 unspecified atom stereocenters. The zero-order chi connectivity index (χ0) is 53.1. The van der Waals surface area contributed by atoms with Crippen LogP contribution in [0.15, 0.2) is 12.1 Å². The molecule has 1 aliphatic rings. The van der Waals surface area contributed by atoms with Crippen LogP contribution in [0.5, 0.6) is 0 Å². The molecule has 0 bridgehead atoms. The van der Waals surface area contributed by atoms with Crippen LogP contribution in [0.3, 0.4) is 0 Å². The van der Waals surface area contributed by atoms with Gasteiger partial charge in [-0.2, -0.15) is 0 Å². The van der Waals surface area contributed by atoms with E-state index in [2.05, 4.69) is 95.2 Å². The van der Waals surface area contributed by atoms with Crippen LogP contribution in [0.2, 0.25) is 0 Å². The lowest BCUT2D eigenvalue weighted by atomic mass is 9.71. The first-order valence-electron chi connectivity index (χ1n) is 27.6. The highest BCUT2D eigenvalue weighted by molar-refractivity contribution is 6.14. The lowest BCUT2D eigenvalue weighted by Gasteiger charge is -2.33. The van der Waals surface area contributed by atoms with Crippen LogP contribution in [0.1, 0.15) is 239 Å². The van der Waals surface area contributed by atoms with Crippen LogP contribution < -0.4 is 0 Å². The molecule has 8 nitrogen and oxygen atoms in total. The first kappa shape index (κ1) is 57.4. The van der Waals surface area contributed by atoms with Gasteiger partial charge in [0.2, 0.25) is 0 Å². The minimum atomic E-state index is -0.473. The maximum absolute atomic E-state index is 13.2. The van der Waals surface area contributed by atoms with Gasteiger partial charge in [-0.05, 0) is 213 Å². The van der Waals surface area contributed by atoms with Crippen LogP contribution >= 0.6 is 0 Å². The molecule has 0 saturated carbocycles. The van der Waals surface area contributed by atoms with Crippen LogP contribution in [0.25, 0.3) is 21.5 Å². The molecule has 6 rings (SSSR count). The van der Waals surface area contributed by atoms with Crippen molar-refractivity contribution in [1.82, 2.24) is 0 Å². The van der Waals surface area contributed by atoms with E-state index in [9.17, 15) is 19.2 Å². The van der Waals surface area contributed by atoms with Crippen molar-refractivity contribution in [3.05, 3.63) is 123 Å². The number of hydrogen-bond acceptors (Lipinski definition) is 8. The van der Waals surface area contributed by atoms with E-state index in [0.29, 0.717) is 35.1 Å². The molecule has 0 saturated heterocycles. The Hall–Kier alpha value is -5.50. The summed E-state index contributed by atoms with van der Waals surface area (Å²) in [5, 5.41) is 4.67. The van der Waals surface area contributed by atoms with Gasteiger partial charge in [0.05, 0.1) is 50.7 Å². The normalized spacial score (nSPS) is 11.8. The van der Waals surface area contributed by atoms with Crippen LogP contribution in [-0.2, 0) is 109 Å². The van der Waals surface area contributed by atoms with Crippen molar-refractivity contribution < 1.29 is 38.1 Å². The van der Waals surface area contributed by atoms with Gasteiger partial charge in [0.25, 0.3) is 0 Å². The van der Waals surface area contributed by atoms with Gasteiger partial charge in [-0.15, -0.1) is 0 Å². The van der Waals surface area contributed by atoms with Gasteiger partial charge in [0.1, 0.15) is 0 Å². The molecule has 0 atom stereocenters. The van der Waals surface area contributed by atoms with E-state index in [4.69, 9.17) is 18.9 Å². The third-order valence-corrected chi connectivity index (χ3v) is 15.6. The predicted molar refractivity (Wildman–Crippen MR) is 296 cm³/mol. The molecule has 0 fully saturated rings. The number of carbonyl (C=O) groups is 4. The number of benzene rings is 5. The van der Waals surface area contributed by atoms with Gasteiger partial charge >= 0.3 is 23.9 Å². The fraction of sp³-hybridized carbons (Fsp3) is 0.531. The SMILES string of the molecule is CCCc1c(C(=O)OC)c(C(=O)OC)c(CCC)c2cc3c(CC)c(CC)c(CC)c(CC)c3cc12.CCCc1c2c(c(CCC)c(C(=O)OC)c1C(=O)OC)Cc1c(CC)c(CC)c(CC)c(CC)c1C2. The second-order valence-electron chi connectivity index (χ2n) is 19.2. The molecule has 5 aromatic rings. The van der Waals surface area contributed by atoms with E-state index in [0.717, 1.165) is 136 Å². The lowest BCUT2D eigenvalue weighted by molar-refractivity contribution is 0.0552. The summed E-state index contributed by atoms with van der Waals surface area (Å²) in [4.78, 5) is 52.8. The Bertz CT molecular complexity index is 2650. The van der Waals surface area contributed by atoms with Crippen LogP contribution in [-0.4, -0.2) is 52.3 Å². The average Bonchev–Trinajstić information content (AvgIpc) is 3.40. The molecule has 0 spiro atoms. The van der Waals surface area contributed by atoms with Crippen molar-refractivity contribution in [2.75, 3.05) is 28.4 Å². The fourth-order valence-corrected chi connectivity index (χ4v) is 12.9. The molecule has 1 aliphatic carbocycles. The number of methoxy groups -OCH3 is 4. The molecular formula is C64H86O8. The zero-order valence-corrected chi connectivity index (χ0v) is 47.1. The number of carbonyl (C=O) groups excluding carboxylic acids is 4. The Morgan fingerprint density at radius 3 is 0.750 bits per heavy atom. The molecule has 0 amide bonds. The highest BCUT2D eigenvalue weighted by atomic mass is 16.5. The van der Waals surface area contributed by atoms with Crippen molar-refractivity contribution >= 4 is 45.4 Å². The Kier molecular flexibility index (Phi) is 20.7. The number of esters is 4. The summed E-state index contributed by atoms with van der Waals surface area (Å²) in [5.41, 5.74) is 22.5. The molecule has 8 heteroatoms. The smallest absolute Gasteiger partial charge is 0.339 e. The Labute approximate surface area is 432 Å². The van der Waals surface area contributed by atoms with Gasteiger partial charge in [0.15, 0.2) is 0 Å². The third-order valence-electron chi connectivity index (χ3n) is 15.6. The second kappa shape index (κ2) is 25.9. The highest BCUT2D eigenvalue weighted by Crippen LogP contribution is 2.44. The quantitative estimate of drug-likeness (QED) is 0.0423. The maximum Gasteiger partial charge on any atom is 0.339 e. The van der Waals surface area contributed by atoms with Crippen LogP contribution in [0.4, 0.5) is 0 Å². The maximum atomic E-state index is 13.2. The van der Waals surface area contributed by atoms with Crippen molar-refractivity contribution in [1.29, 1.82) is 0 Å². The Morgan fingerprint density at radius 1 is 0.306 bits per heavy atom. The molecule has 0 heterocycles. The van der Waals surface area contributed by atoms with Crippen molar-refractivity contribution in [3.8, 4) is 0 Å². The molecular weight excluding hydrogens is 897 g/mol. The Morgan fingerprint density at radius 2 is 0.514 bits per heavy atom. The topological polar surface area (TPSA) is 105 Å². The summed E-state index contributed by atoms with van der Waals surface area (Å²) < 4.78 is 21.0. The summed E-state index contributed by atoms with van der Waals surface area (Å²) >= 11 is 0. The Balaban J connectivity index is 0.000000267. The molecule has 0 aromatic heterocycles. The van der Waals surface area contributed by atoms with E-state index in [1.165, 1.54) is 106 Å². The first-order valence-corrected chi connectivity index (χ1v) is 27.6. The number of ether oxygens (including phenoxy) is 4. The predicted octanol–water partition coefficient (Wildman–Crippen LogP) is 14.6. The summed E-state index contributed by atoms with van der Waals surface area (Å²) in [5.74, 6) is -1.83. The summed E-state index contributed by atoms with van der Waals surface area (Å²) in [6, 6.07) is 4.61. The summed E-state index contributed by atoms with van der Waals surface area (Å²) in [6.07, 6.45) is 15.9. The van der Waals surface area contributed by atoms with Crippen molar-refractivity contribution in [2.45, 2.75) is 199 Å². The molecule has 0 aliphatic heterocycles. The second-order valence-corrected chi connectivity index (χ2v) is 19.2. The van der Waals surface area contributed by atoms with E-state index in [1.54, 1.807) is 0 Å². The fourth-order valence-electron chi connectivity index (χ4n) is 12.9. The molecule has 0 N–H and O–H groups in total. The number of rotatable bonds is 20. The van der Waals surface area contributed by atoms with Gasteiger partial charge in [-0.3, -0.25) is 0 Å². The third kappa shape index (κ3) is 10.4. The van der Waals surface area contributed by atoms with E-state index in [1.807, 2.05) is 0 Å². The van der Waals surface area contributed by atoms with Gasteiger partial charge in [-0.25, -0.2) is 19.2 Å². The summed E-state index contributed by atoms with van der Waals surface area (Å²) in [6.45, 7) is 26.5. The average molecular weight is 983 g/mol. The molecule has 72 heavy (non-hydrogen) atoms. The largest absolute Gasteiger partial charge is 0.465 e. The van der Waals surface area contributed by atoms with E-state index < -0.39 is 23.9 Å². The molecule has 5 aromatic carbocycles. The number of fused-ring (bicyclic) bond motifs is 4. The molecule has 390 valence electrons. The number of aryl methyl sites for hydroxylation is 4. The zero-order valence-electron chi connectivity index (χ0n) is 47.1.